The summed E-state index contributed by atoms with van der Waals surface area (Å²) in [7, 11) is 1.56. The van der Waals surface area contributed by atoms with E-state index in [9.17, 15) is 15.4 Å². The monoisotopic (exact) mass is 430 g/mol. The minimum atomic E-state index is -0.475. The van der Waals surface area contributed by atoms with Gasteiger partial charge in [0.15, 0.2) is 11.5 Å². The molecule has 0 aliphatic rings. The molecule has 1 atom stereocenters. The maximum atomic E-state index is 10.8. The van der Waals surface area contributed by atoms with Gasteiger partial charge in [-0.25, -0.2) is 0 Å². The predicted molar refractivity (Wildman–Crippen MR) is 108 cm³/mol. The fourth-order valence-electron chi connectivity index (χ4n) is 2.33. The van der Waals surface area contributed by atoms with E-state index < -0.39 is 4.92 Å². The number of ether oxygens (including phenoxy) is 2. The number of benzene rings is 2. The average molecular weight is 431 g/mol. The van der Waals surface area contributed by atoms with Crippen LogP contribution in [0.2, 0.25) is 0 Å². The topological polar surface area (TPSA) is 85.4 Å². The van der Waals surface area contributed by atoms with Gasteiger partial charge in [-0.3, -0.25) is 10.1 Å². The standard InChI is InChI=1S/C20H19BrN2O4/c1-4-13(2)27-20-18(21)10-14(11-19(20)26-3)9-16(12-22)15-5-7-17(8-6-15)23(24)25/h5-11,13H,4H2,1-3H3/b16-9+/t13-/m0/s1. The third-order valence-corrected chi connectivity index (χ3v) is 4.56. The van der Waals surface area contributed by atoms with Crippen molar-refractivity contribution in [2.24, 2.45) is 0 Å². The summed E-state index contributed by atoms with van der Waals surface area (Å²) in [5, 5.41) is 20.3. The van der Waals surface area contributed by atoms with Gasteiger partial charge in [0, 0.05) is 12.1 Å². The van der Waals surface area contributed by atoms with E-state index in [4.69, 9.17) is 9.47 Å². The first-order valence-corrected chi connectivity index (χ1v) is 9.09. The van der Waals surface area contributed by atoms with E-state index in [1.165, 1.54) is 12.1 Å². The van der Waals surface area contributed by atoms with Crippen LogP contribution in [0.3, 0.4) is 0 Å². The summed E-state index contributed by atoms with van der Waals surface area (Å²) in [4.78, 5) is 10.3. The highest BCUT2D eigenvalue weighted by Gasteiger charge is 2.14. The number of nitro benzene ring substituents is 1. The molecule has 0 N–H and O–H groups in total. The van der Waals surface area contributed by atoms with Crippen molar-refractivity contribution in [3.05, 3.63) is 62.1 Å². The van der Waals surface area contributed by atoms with E-state index in [-0.39, 0.29) is 11.8 Å². The molecule has 0 unspecified atom stereocenters. The zero-order valence-corrected chi connectivity index (χ0v) is 16.8. The van der Waals surface area contributed by atoms with Crippen LogP contribution in [0.4, 0.5) is 5.69 Å². The molecule has 2 aromatic carbocycles. The van der Waals surface area contributed by atoms with Crippen molar-refractivity contribution in [3.63, 3.8) is 0 Å². The van der Waals surface area contributed by atoms with Crippen LogP contribution in [-0.2, 0) is 0 Å². The molecule has 0 spiro atoms. The molecule has 0 aliphatic carbocycles. The van der Waals surface area contributed by atoms with Gasteiger partial charge in [0.1, 0.15) is 0 Å². The molecule has 27 heavy (non-hydrogen) atoms. The maximum absolute atomic E-state index is 10.8. The largest absolute Gasteiger partial charge is 0.493 e. The van der Waals surface area contributed by atoms with Gasteiger partial charge in [0.05, 0.1) is 34.3 Å². The first kappa shape index (κ1) is 20.5. The first-order chi connectivity index (χ1) is 12.9. The molecule has 2 aromatic rings. The van der Waals surface area contributed by atoms with Crippen molar-refractivity contribution in [3.8, 4) is 17.6 Å². The molecule has 0 heterocycles. The highest BCUT2D eigenvalue weighted by Crippen LogP contribution is 2.38. The lowest BCUT2D eigenvalue weighted by Gasteiger charge is -2.17. The summed E-state index contributed by atoms with van der Waals surface area (Å²) in [5.74, 6) is 1.16. The normalized spacial score (nSPS) is 12.2. The summed E-state index contributed by atoms with van der Waals surface area (Å²) in [6.07, 6.45) is 2.59. The molecule has 0 bridgehead atoms. The van der Waals surface area contributed by atoms with Gasteiger partial charge < -0.3 is 9.47 Å². The predicted octanol–water partition coefficient (Wildman–Crippen LogP) is 5.61. The Labute approximate surface area is 166 Å². The van der Waals surface area contributed by atoms with Crippen LogP contribution in [0.1, 0.15) is 31.4 Å². The molecule has 2 rings (SSSR count). The molecule has 0 amide bonds. The summed E-state index contributed by atoms with van der Waals surface area (Å²) >= 11 is 3.50. The van der Waals surface area contributed by atoms with Gasteiger partial charge in [-0.1, -0.05) is 6.92 Å². The van der Waals surface area contributed by atoms with Crippen molar-refractivity contribution in [2.45, 2.75) is 26.4 Å². The van der Waals surface area contributed by atoms with E-state index in [0.29, 0.717) is 22.6 Å². The van der Waals surface area contributed by atoms with Crippen molar-refractivity contribution in [2.75, 3.05) is 7.11 Å². The summed E-state index contributed by atoms with van der Waals surface area (Å²) in [6.45, 7) is 4.01. The lowest BCUT2D eigenvalue weighted by Crippen LogP contribution is -2.11. The average Bonchev–Trinajstić information content (AvgIpc) is 2.67. The first-order valence-electron chi connectivity index (χ1n) is 8.30. The van der Waals surface area contributed by atoms with Crippen molar-refractivity contribution >= 4 is 33.3 Å². The van der Waals surface area contributed by atoms with Gasteiger partial charge >= 0.3 is 0 Å². The number of halogens is 1. The Kier molecular flexibility index (Phi) is 6.97. The second-order valence-corrected chi connectivity index (χ2v) is 6.70. The number of non-ortho nitro benzene ring substituents is 1. The van der Waals surface area contributed by atoms with Crippen LogP contribution < -0.4 is 9.47 Å². The van der Waals surface area contributed by atoms with Crippen LogP contribution in [-0.4, -0.2) is 18.1 Å². The van der Waals surface area contributed by atoms with E-state index in [1.54, 1.807) is 31.4 Å². The zero-order valence-electron chi connectivity index (χ0n) is 15.2. The van der Waals surface area contributed by atoms with Gasteiger partial charge in [0.25, 0.3) is 5.69 Å². The zero-order chi connectivity index (χ0) is 20.0. The molecule has 7 heteroatoms. The Morgan fingerprint density at radius 1 is 1.37 bits per heavy atom. The van der Waals surface area contributed by atoms with E-state index >= 15 is 0 Å². The van der Waals surface area contributed by atoms with Gasteiger partial charge in [-0.2, -0.15) is 5.26 Å². The Bertz CT molecular complexity index is 901. The van der Waals surface area contributed by atoms with Crippen LogP contribution in [0.5, 0.6) is 11.5 Å². The van der Waals surface area contributed by atoms with Crippen LogP contribution >= 0.6 is 15.9 Å². The number of hydrogen-bond acceptors (Lipinski definition) is 5. The second-order valence-electron chi connectivity index (χ2n) is 5.84. The third kappa shape index (κ3) is 5.08. The summed E-state index contributed by atoms with van der Waals surface area (Å²) < 4.78 is 12.1. The molecule has 0 radical (unpaired) electrons. The van der Waals surface area contributed by atoms with Crippen LogP contribution in [0, 0.1) is 21.4 Å². The fraction of sp³-hybridized carbons (Fsp3) is 0.250. The smallest absolute Gasteiger partial charge is 0.269 e. The SMILES string of the molecule is CC[C@H](C)Oc1c(Br)cc(/C=C(\C#N)c2ccc([N+](=O)[O-])cc2)cc1OC. The molecule has 0 fully saturated rings. The third-order valence-electron chi connectivity index (χ3n) is 3.97. The van der Waals surface area contributed by atoms with Gasteiger partial charge in [0.2, 0.25) is 0 Å². The van der Waals surface area contributed by atoms with E-state index in [1.807, 2.05) is 19.9 Å². The number of nitrogens with zero attached hydrogens (tertiary/aromatic N) is 2. The minimum absolute atomic E-state index is 0.0213. The van der Waals surface area contributed by atoms with Crippen molar-refractivity contribution in [1.29, 1.82) is 5.26 Å². The van der Waals surface area contributed by atoms with Crippen LogP contribution in [0.25, 0.3) is 11.6 Å². The van der Waals surface area contributed by atoms with Crippen molar-refractivity contribution in [1.82, 2.24) is 0 Å². The Morgan fingerprint density at radius 3 is 2.56 bits per heavy atom. The number of allylic oxidation sites excluding steroid dienone is 1. The molecule has 0 aromatic heterocycles. The second kappa shape index (κ2) is 9.19. The van der Waals surface area contributed by atoms with Gasteiger partial charge in [-0.05, 0) is 70.7 Å². The maximum Gasteiger partial charge on any atom is 0.269 e. The molecular formula is C20H19BrN2O4. The summed E-state index contributed by atoms with van der Waals surface area (Å²) in [6, 6.07) is 11.6. The molecular weight excluding hydrogens is 412 g/mol. The lowest BCUT2D eigenvalue weighted by atomic mass is 10.0. The Balaban J connectivity index is 2.42. The molecule has 140 valence electrons. The molecule has 0 saturated heterocycles. The molecule has 0 aliphatic heterocycles. The quantitative estimate of drug-likeness (QED) is 0.246. The number of hydrogen-bond donors (Lipinski definition) is 0. The highest BCUT2D eigenvalue weighted by molar-refractivity contribution is 9.10. The fourth-order valence-corrected chi connectivity index (χ4v) is 2.88. The highest BCUT2D eigenvalue weighted by atomic mass is 79.9. The minimum Gasteiger partial charge on any atom is -0.493 e. The van der Waals surface area contributed by atoms with Crippen molar-refractivity contribution < 1.29 is 14.4 Å². The summed E-state index contributed by atoms with van der Waals surface area (Å²) in [5.41, 5.74) is 1.70. The van der Waals surface area contributed by atoms with Crippen LogP contribution in [0.15, 0.2) is 40.9 Å². The number of nitro groups is 1. The molecule has 0 saturated carbocycles. The van der Waals surface area contributed by atoms with Gasteiger partial charge in [-0.15, -0.1) is 0 Å². The van der Waals surface area contributed by atoms with E-state index in [2.05, 4.69) is 22.0 Å². The lowest BCUT2D eigenvalue weighted by molar-refractivity contribution is -0.384. The number of rotatable bonds is 7. The Morgan fingerprint density at radius 2 is 2.04 bits per heavy atom. The van der Waals surface area contributed by atoms with E-state index in [0.717, 1.165) is 16.5 Å². The molecule has 6 nitrogen and oxygen atoms in total. The number of methoxy groups -OCH3 is 1. The number of nitriles is 1. The Hall–Kier alpha value is -2.85.